The number of carbonyl (C=O) groups excluding carboxylic acids is 1. The summed E-state index contributed by atoms with van der Waals surface area (Å²) in [5.74, 6) is 2.78. The van der Waals surface area contributed by atoms with Crippen LogP contribution in [0.3, 0.4) is 0 Å². The molecule has 1 aliphatic carbocycles. The van der Waals surface area contributed by atoms with E-state index in [9.17, 15) is 4.79 Å². The number of amides is 1. The number of nitrogens with one attached hydrogen (secondary N) is 2. The lowest BCUT2D eigenvalue weighted by atomic mass is 9.97. The fourth-order valence-corrected chi connectivity index (χ4v) is 3.26. The first-order valence-electron chi connectivity index (χ1n) is 9.41. The van der Waals surface area contributed by atoms with E-state index in [4.69, 9.17) is 4.99 Å². The fourth-order valence-electron chi connectivity index (χ4n) is 3.26. The van der Waals surface area contributed by atoms with Gasteiger partial charge >= 0.3 is 0 Å². The van der Waals surface area contributed by atoms with Crippen LogP contribution in [0.2, 0.25) is 0 Å². The average Bonchev–Trinajstić information content (AvgIpc) is 3.18. The predicted molar refractivity (Wildman–Crippen MR) is 111 cm³/mol. The van der Waals surface area contributed by atoms with Gasteiger partial charge in [0.05, 0.1) is 0 Å². The standard InChI is InChI=1S/C18H34N4O.HI/c1-4-19-18(22-11-9-15(13-22)12-14(2)3)20-10-5-6-17(23)21-16-7-8-16;/h14-16H,4-13H2,1-3H3,(H,19,20)(H,21,23);1H. The molecule has 140 valence electrons. The quantitative estimate of drug-likeness (QED) is 0.259. The molecule has 2 rings (SSSR count). The summed E-state index contributed by atoms with van der Waals surface area (Å²) in [6, 6.07) is 0.464. The molecular formula is C18H35IN4O. The number of guanidine groups is 1. The van der Waals surface area contributed by atoms with Crippen molar-refractivity contribution in [2.24, 2.45) is 16.8 Å². The summed E-state index contributed by atoms with van der Waals surface area (Å²) in [4.78, 5) is 18.8. The lowest BCUT2D eigenvalue weighted by Crippen LogP contribution is -2.40. The van der Waals surface area contributed by atoms with Gasteiger partial charge in [-0.15, -0.1) is 24.0 Å². The van der Waals surface area contributed by atoms with Gasteiger partial charge in [0.25, 0.3) is 0 Å². The van der Waals surface area contributed by atoms with Crippen molar-refractivity contribution in [1.29, 1.82) is 0 Å². The zero-order valence-electron chi connectivity index (χ0n) is 15.5. The van der Waals surface area contributed by atoms with Crippen LogP contribution in [0.15, 0.2) is 4.99 Å². The molecule has 0 aromatic heterocycles. The van der Waals surface area contributed by atoms with Crippen molar-refractivity contribution in [3.8, 4) is 0 Å². The maximum atomic E-state index is 11.7. The minimum absolute atomic E-state index is 0. The highest BCUT2D eigenvalue weighted by Gasteiger charge is 2.25. The molecule has 0 spiro atoms. The largest absolute Gasteiger partial charge is 0.357 e. The Morgan fingerprint density at radius 1 is 1.29 bits per heavy atom. The number of halogens is 1. The molecule has 2 N–H and O–H groups in total. The molecule has 24 heavy (non-hydrogen) atoms. The average molecular weight is 450 g/mol. The van der Waals surface area contributed by atoms with Crippen LogP contribution in [0.5, 0.6) is 0 Å². The SMILES string of the molecule is CCNC(=NCCCC(=O)NC1CC1)N1CCC(CC(C)C)C1.I. The van der Waals surface area contributed by atoms with Gasteiger partial charge in [-0.25, -0.2) is 0 Å². The van der Waals surface area contributed by atoms with Crippen molar-refractivity contribution in [2.75, 3.05) is 26.2 Å². The monoisotopic (exact) mass is 450 g/mol. The number of hydrogen-bond acceptors (Lipinski definition) is 2. The van der Waals surface area contributed by atoms with Crippen LogP contribution < -0.4 is 10.6 Å². The van der Waals surface area contributed by atoms with E-state index in [1.807, 2.05) is 0 Å². The predicted octanol–water partition coefficient (Wildman–Crippen LogP) is 3.00. The third kappa shape index (κ3) is 8.03. The first-order chi connectivity index (χ1) is 11.1. The lowest BCUT2D eigenvalue weighted by Gasteiger charge is -2.22. The van der Waals surface area contributed by atoms with Crippen molar-refractivity contribution in [1.82, 2.24) is 15.5 Å². The second-order valence-electron chi connectivity index (χ2n) is 7.41. The van der Waals surface area contributed by atoms with Gasteiger partial charge in [0.15, 0.2) is 5.96 Å². The van der Waals surface area contributed by atoms with Crippen LogP contribution in [-0.4, -0.2) is 49.0 Å². The topological polar surface area (TPSA) is 56.7 Å². The van der Waals surface area contributed by atoms with E-state index in [0.29, 0.717) is 12.5 Å². The third-order valence-corrected chi connectivity index (χ3v) is 4.49. The zero-order valence-corrected chi connectivity index (χ0v) is 17.8. The highest BCUT2D eigenvalue weighted by atomic mass is 127. The molecule has 1 amide bonds. The Hall–Kier alpha value is -0.530. The van der Waals surface area contributed by atoms with E-state index in [2.05, 4.69) is 36.3 Å². The highest BCUT2D eigenvalue weighted by molar-refractivity contribution is 14.0. The van der Waals surface area contributed by atoms with Crippen LogP contribution in [0.1, 0.15) is 59.3 Å². The van der Waals surface area contributed by atoms with Crippen LogP contribution in [0, 0.1) is 11.8 Å². The summed E-state index contributed by atoms with van der Waals surface area (Å²) >= 11 is 0. The smallest absolute Gasteiger partial charge is 0.220 e. The van der Waals surface area contributed by atoms with E-state index < -0.39 is 0 Å². The molecule has 0 bridgehead atoms. The lowest BCUT2D eigenvalue weighted by molar-refractivity contribution is -0.121. The first kappa shape index (κ1) is 21.5. The second kappa shape index (κ2) is 11.2. The molecule has 1 atom stereocenters. The molecule has 1 saturated heterocycles. The van der Waals surface area contributed by atoms with Gasteiger partial charge in [-0.3, -0.25) is 9.79 Å². The number of nitrogens with zero attached hydrogens (tertiary/aromatic N) is 2. The molecule has 0 aromatic carbocycles. The molecule has 1 heterocycles. The molecular weight excluding hydrogens is 415 g/mol. The Labute approximate surface area is 164 Å². The van der Waals surface area contributed by atoms with Gasteiger partial charge in [0, 0.05) is 38.6 Å². The summed E-state index contributed by atoms with van der Waals surface area (Å²) in [5.41, 5.74) is 0. The normalized spacial score (nSPS) is 20.9. The van der Waals surface area contributed by atoms with E-state index in [0.717, 1.165) is 63.2 Å². The number of likely N-dealkylation sites (tertiary alicyclic amines) is 1. The summed E-state index contributed by atoms with van der Waals surface area (Å²) in [6.45, 7) is 10.6. The molecule has 2 aliphatic rings. The summed E-state index contributed by atoms with van der Waals surface area (Å²) < 4.78 is 0. The Bertz CT molecular complexity index is 410. The van der Waals surface area contributed by atoms with Gasteiger partial charge in [0.1, 0.15) is 0 Å². The fraction of sp³-hybridized carbons (Fsp3) is 0.889. The molecule has 1 unspecified atom stereocenters. The van der Waals surface area contributed by atoms with Crippen LogP contribution in [-0.2, 0) is 4.79 Å². The van der Waals surface area contributed by atoms with E-state index >= 15 is 0 Å². The molecule has 6 heteroatoms. The van der Waals surface area contributed by atoms with Gasteiger partial charge in [-0.1, -0.05) is 13.8 Å². The molecule has 5 nitrogen and oxygen atoms in total. The van der Waals surface area contributed by atoms with Crippen LogP contribution in [0.25, 0.3) is 0 Å². The summed E-state index contributed by atoms with van der Waals surface area (Å²) in [7, 11) is 0. The third-order valence-electron chi connectivity index (χ3n) is 4.49. The van der Waals surface area contributed by atoms with E-state index in [1.54, 1.807) is 0 Å². The number of rotatable bonds is 8. The van der Waals surface area contributed by atoms with Crippen molar-refractivity contribution >= 4 is 35.8 Å². The Kier molecular flexibility index (Phi) is 10.0. The highest BCUT2D eigenvalue weighted by Crippen LogP contribution is 2.23. The van der Waals surface area contributed by atoms with Crippen molar-refractivity contribution in [3.05, 3.63) is 0 Å². The minimum Gasteiger partial charge on any atom is -0.357 e. The maximum Gasteiger partial charge on any atom is 0.220 e. The van der Waals surface area contributed by atoms with Crippen molar-refractivity contribution in [3.63, 3.8) is 0 Å². The van der Waals surface area contributed by atoms with E-state index in [-0.39, 0.29) is 29.9 Å². The molecule has 0 radical (unpaired) electrons. The van der Waals surface area contributed by atoms with Gasteiger partial charge in [-0.2, -0.15) is 0 Å². The molecule has 0 aromatic rings. The zero-order chi connectivity index (χ0) is 16.7. The minimum atomic E-state index is 0. The number of hydrogen-bond donors (Lipinski definition) is 2. The van der Waals surface area contributed by atoms with E-state index in [1.165, 1.54) is 12.8 Å². The molecule has 2 fully saturated rings. The number of carbonyl (C=O) groups is 1. The molecule has 1 saturated carbocycles. The van der Waals surface area contributed by atoms with Crippen LogP contribution in [0.4, 0.5) is 0 Å². The second-order valence-corrected chi connectivity index (χ2v) is 7.41. The maximum absolute atomic E-state index is 11.7. The van der Waals surface area contributed by atoms with Gasteiger partial charge in [0.2, 0.25) is 5.91 Å². The Morgan fingerprint density at radius 3 is 2.67 bits per heavy atom. The first-order valence-corrected chi connectivity index (χ1v) is 9.41. The van der Waals surface area contributed by atoms with Crippen LogP contribution >= 0.6 is 24.0 Å². The number of aliphatic imine (C=N–C) groups is 1. The molecule has 1 aliphatic heterocycles. The van der Waals surface area contributed by atoms with Crippen molar-refractivity contribution in [2.45, 2.75) is 65.3 Å². The Morgan fingerprint density at radius 2 is 2.04 bits per heavy atom. The Balaban J connectivity index is 0.00000288. The van der Waals surface area contributed by atoms with Crippen molar-refractivity contribution < 1.29 is 4.79 Å². The van der Waals surface area contributed by atoms with Gasteiger partial charge < -0.3 is 15.5 Å². The summed E-state index contributed by atoms with van der Waals surface area (Å²) in [5, 5.41) is 6.44. The summed E-state index contributed by atoms with van der Waals surface area (Å²) in [6.07, 6.45) is 6.30. The van der Waals surface area contributed by atoms with Gasteiger partial charge in [-0.05, 0) is 50.9 Å².